The van der Waals surface area contributed by atoms with Crippen LogP contribution < -0.4 is 0 Å². The lowest BCUT2D eigenvalue weighted by Gasteiger charge is -2.23. The molecule has 1 atom stereocenters. The third-order valence-electron chi connectivity index (χ3n) is 3.33. The van der Waals surface area contributed by atoms with Gasteiger partial charge in [-0.3, -0.25) is 4.79 Å². The molecule has 4 nitrogen and oxygen atoms in total. The third kappa shape index (κ3) is 4.14. The summed E-state index contributed by atoms with van der Waals surface area (Å²) in [6, 6.07) is 7.10. The van der Waals surface area contributed by atoms with Crippen LogP contribution in [-0.4, -0.2) is 49.6 Å². The van der Waals surface area contributed by atoms with Crippen molar-refractivity contribution >= 4 is 39.1 Å². The van der Waals surface area contributed by atoms with Gasteiger partial charge in [-0.2, -0.15) is 0 Å². The van der Waals surface area contributed by atoms with Crippen molar-refractivity contribution in [1.82, 2.24) is 4.90 Å². The van der Waals surface area contributed by atoms with Gasteiger partial charge < -0.3 is 4.90 Å². The number of sulfone groups is 1. The number of rotatable bonds is 4. The van der Waals surface area contributed by atoms with Crippen molar-refractivity contribution in [3.8, 4) is 0 Å². The molecule has 1 aliphatic heterocycles. The number of benzene rings is 1. The van der Waals surface area contributed by atoms with Gasteiger partial charge in [0, 0.05) is 23.0 Å². The molecule has 0 aliphatic carbocycles. The standard InChI is InChI=1S/C13H16ClNO3S2/c1-15(11-6-7-20(17,18)9-11)13(16)8-19-12-4-2-10(14)3-5-12/h2-5,11H,6-9H2,1H3/t11-/m0/s1. The third-order valence-corrected chi connectivity index (χ3v) is 6.32. The summed E-state index contributed by atoms with van der Waals surface area (Å²) in [4.78, 5) is 14.6. The summed E-state index contributed by atoms with van der Waals surface area (Å²) < 4.78 is 22.8. The summed E-state index contributed by atoms with van der Waals surface area (Å²) in [6.07, 6.45) is 0.538. The van der Waals surface area contributed by atoms with E-state index in [4.69, 9.17) is 11.6 Å². The fraction of sp³-hybridized carbons (Fsp3) is 0.462. The Morgan fingerprint density at radius 1 is 1.40 bits per heavy atom. The minimum atomic E-state index is -2.96. The average molecular weight is 334 g/mol. The van der Waals surface area contributed by atoms with Crippen molar-refractivity contribution < 1.29 is 13.2 Å². The van der Waals surface area contributed by atoms with Crippen LogP contribution in [0.1, 0.15) is 6.42 Å². The highest BCUT2D eigenvalue weighted by atomic mass is 35.5. The van der Waals surface area contributed by atoms with Gasteiger partial charge in [0.1, 0.15) is 0 Å². The molecule has 1 aromatic rings. The zero-order valence-corrected chi connectivity index (χ0v) is 13.5. The number of halogens is 1. The Bertz CT molecular complexity index is 586. The lowest BCUT2D eigenvalue weighted by Crippen LogP contribution is -2.38. The van der Waals surface area contributed by atoms with E-state index in [-0.39, 0.29) is 23.5 Å². The van der Waals surface area contributed by atoms with E-state index in [0.29, 0.717) is 17.2 Å². The molecule has 0 aromatic heterocycles. The Balaban J connectivity index is 1.87. The molecule has 1 aromatic carbocycles. The SMILES string of the molecule is CN(C(=O)CSc1ccc(Cl)cc1)[C@H]1CCS(=O)(=O)C1. The van der Waals surface area contributed by atoms with Crippen LogP contribution in [0.3, 0.4) is 0 Å². The molecular weight excluding hydrogens is 318 g/mol. The molecule has 0 bridgehead atoms. The molecule has 1 saturated heterocycles. The quantitative estimate of drug-likeness (QED) is 0.792. The lowest BCUT2D eigenvalue weighted by molar-refractivity contribution is -0.128. The van der Waals surface area contributed by atoms with Crippen LogP contribution in [0.15, 0.2) is 29.2 Å². The highest BCUT2D eigenvalue weighted by molar-refractivity contribution is 8.00. The van der Waals surface area contributed by atoms with Crippen LogP contribution in [0.4, 0.5) is 0 Å². The fourth-order valence-corrected chi connectivity index (χ4v) is 4.78. The first-order valence-electron chi connectivity index (χ1n) is 6.22. The highest BCUT2D eigenvalue weighted by Gasteiger charge is 2.32. The fourth-order valence-electron chi connectivity index (χ4n) is 2.06. The summed E-state index contributed by atoms with van der Waals surface area (Å²) >= 11 is 7.22. The second kappa shape index (κ2) is 6.37. The van der Waals surface area contributed by atoms with Crippen molar-refractivity contribution in [3.05, 3.63) is 29.3 Å². The Kier molecular flexibility index (Phi) is 4.99. The molecule has 1 amide bonds. The van der Waals surface area contributed by atoms with Crippen LogP contribution >= 0.6 is 23.4 Å². The van der Waals surface area contributed by atoms with Crippen molar-refractivity contribution in [2.24, 2.45) is 0 Å². The van der Waals surface area contributed by atoms with Crippen LogP contribution in [0.5, 0.6) is 0 Å². The first kappa shape index (κ1) is 15.7. The molecule has 1 fully saturated rings. The van der Waals surface area contributed by atoms with E-state index in [1.165, 1.54) is 11.8 Å². The van der Waals surface area contributed by atoms with Gasteiger partial charge >= 0.3 is 0 Å². The smallest absolute Gasteiger partial charge is 0.232 e. The van der Waals surface area contributed by atoms with Crippen molar-refractivity contribution in [2.75, 3.05) is 24.3 Å². The molecule has 0 saturated carbocycles. The van der Waals surface area contributed by atoms with E-state index >= 15 is 0 Å². The molecule has 2 rings (SSSR count). The lowest BCUT2D eigenvalue weighted by atomic mass is 10.2. The molecule has 0 spiro atoms. The highest BCUT2D eigenvalue weighted by Crippen LogP contribution is 2.22. The minimum absolute atomic E-state index is 0.0490. The number of hydrogen-bond acceptors (Lipinski definition) is 4. The van der Waals surface area contributed by atoms with Crippen molar-refractivity contribution in [2.45, 2.75) is 17.4 Å². The van der Waals surface area contributed by atoms with Crippen molar-refractivity contribution in [3.63, 3.8) is 0 Å². The van der Waals surface area contributed by atoms with E-state index in [2.05, 4.69) is 0 Å². The maximum Gasteiger partial charge on any atom is 0.232 e. The van der Waals surface area contributed by atoms with E-state index in [9.17, 15) is 13.2 Å². The second-order valence-corrected chi connectivity index (χ2v) is 8.52. The first-order chi connectivity index (χ1) is 9.37. The molecule has 0 N–H and O–H groups in total. The van der Waals surface area contributed by atoms with E-state index < -0.39 is 9.84 Å². The largest absolute Gasteiger partial charge is 0.341 e. The first-order valence-corrected chi connectivity index (χ1v) is 9.40. The summed E-state index contributed by atoms with van der Waals surface area (Å²) in [7, 11) is -1.28. The molecule has 110 valence electrons. The number of carbonyl (C=O) groups is 1. The summed E-state index contributed by atoms with van der Waals surface area (Å²) in [5.41, 5.74) is 0. The average Bonchev–Trinajstić information content (AvgIpc) is 2.77. The number of carbonyl (C=O) groups excluding carboxylic acids is 1. The Morgan fingerprint density at radius 2 is 2.05 bits per heavy atom. The second-order valence-electron chi connectivity index (χ2n) is 4.80. The molecule has 20 heavy (non-hydrogen) atoms. The summed E-state index contributed by atoms with van der Waals surface area (Å²) in [5, 5.41) is 0.661. The molecule has 0 unspecified atom stereocenters. The van der Waals surface area contributed by atoms with Gasteiger partial charge in [-0.1, -0.05) is 11.6 Å². The van der Waals surface area contributed by atoms with Gasteiger partial charge in [0.05, 0.1) is 17.3 Å². The van der Waals surface area contributed by atoms with Crippen LogP contribution in [0.25, 0.3) is 0 Å². The maximum absolute atomic E-state index is 12.1. The zero-order chi connectivity index (χ0) is 14.8. The molecule has 1 heterocycles. The van der Waals surface area contributed by atoms with Crippen LogP contribution in [-0.2, 0) is 14.6 Å². The van der Waals surface area contributed by atoms with Gasteiger partial charge in [-0.15, -0.1) is 11.8 Å². The van der Waals surface area contributed by atoms with Gasteiger partial charge in [0.15, 0.2) is 9.84 Å². The normalized spacial score (nSPS) is 20.8. The van der Waals surface area contributed by atoms with E-state index in [1.54, 1.807) is 24.1 Å². The summed E-state index contributed by atoms with van der Waals surface area (Å²) in [5.74, 6) is 0.516. The van der Waals surface area contributed by atoms with Crippen LogP contribution in [0, 0.1) is 0 Å². The molecule has 1 aliphatic rings. The maximum atomic E-state index is 12.1. The summed E-state index contributed by atoms with van der Waals surface area (Å²) in [6.45, 7) is 0. The Labute approximate surface area is 128 Å². The number of amides is 1. The Hall–Kier alpha value is -0.720. The van der Waals surface area contributed by atoms with E-state index in [0.717, 1.165) is 4.90 Å². The predicted octanol–water partition coefficient (Wildman–Crippen LogP) is 2.08. The molecule has 0 radical (unpaired) electrons. The van der Waals surface area contributed by atoms with Gasteiger partial charge in [-0.25, -0.2) is 8.42 Å². The predicted molar refractivity (Wildman–Crippen MR) is 82.0 cm³/mol. The van der Waals surface area contributed by atoms with E-state index in [1.807, 2.05) is 12.1 Å². The Morgan fingerprint density at radius 3 is 2.60 bits per heavy atom. The van der Waals surface area contributed by atoms with Crippen molar-refractivity contribution in [1.29, 1.82) is 0 Å². The van der Waals surface area contributed by atoms with Gasteiger partial charge in [0.2, 0.25) is 5.91 Å². The number of thioether (sulfide) groups is 1. The monoisotopic (exact) mass is 333 g/mol. The van der Waals surface area contributed by atoms with Gasteiger partial charge in [0.25, 0.3) is 0 Å². The molecular formula is C13H16ClNO3S2. The van der Waals surface area contributed by atoms with Gasteiger partial charge in [-0.05, 0) is 30.7 Å². The van der Waals surface area contributed by atoms with Crippen LogP contribution in [0.2, 0.25) is 5.02 Å². The zero-order valence-electron chi connectivity index (χ0n) is 11.1. The number of nitrogens with zero attached hydrogens (tertiary/aromatic N) is 1. The topological polar surface area (TPSA) is 54.5 Å². The minimum Gasteiger partial charge on any atom is -0.341 e. The number of hydrogen-bond donors (Lipinski definition) is 0. The molecule has 7 heteroatoms.